The fraction of sp³-hybridized carbons (Fsp3) is 0.538. The number of hydrogen-bond donors (Lipinski definition) is 1. The van der Waals surface area contributed by atoms with E-state index in [0.717, 1.165) is 13.0 Å². The molecule has 1 rings (SSSR count). The van der Waals surface area contributed by atoms with Crippen LogP contribution in [0.25, 0.3) is 0 Å². The first-order valence-corrected chi connectivity index (χ1v) is 6.19. The van der Waals surface area contributed by atoms with Gasteiger partial charge in [0.25, 0.3) is 5.56 Å². The third kappa shape index (κ3) is 5.56. The van der Waals surface area contributed by atoms with Crippen molar-refractivity contribution >= 4 is 5.97 Å². The van der Waals surface area contributed by atoms with Crippen molar-refractivity contribution in [2.45, 2.75) is 19.4 Å². The van der Waals surface area contributed by atoms with E-state index in [0.29, 0.717) is 6.61 Å². The first-order valence-electron chi connectivity index (χ1n) is 6.19. The molecule has 0 aliphatic rings. The molecule has 19 heavy (non-hydrogen) atoms. The SMILES string of the molecule is CN(C)CCCOc1cccn(CCC(=O)O)c1=O. The van der Waals surface area contributed by atoms with Gasteiger partial charge in [0, 0.05) is 19.3 Å². The van der Waals surface area contributed by atoms with Gasteiger partial charge in [-0.15, -0.1) is 0 Å². The molecule has 0 bridgehead atoms. The van der Waals surface area contributed by atoms with Crippen LogP contribution in [0.5, 0.6) is 5.75 Å². The maximum absolute atomic E-state index is 11.9. The quantitative estimate of drug-likeness (QED) is 0.701. The van der Waals surface area contributed by atoms with Gasteiger partial charge in [-0.1, -0.05) is 0 Å². The summed E-state index contributed by atoms with van der Waals surface area (Å²) in [5, 5.41) is 8.61. The zero-order valence-electron chi connectivity index (χ0n) is 11.3. The highest BCUT2D eigenvalue weighted by Gasteiger charge is 2.05. The Hall–Kier alpha value is -1.82. The van der Waals surface area contributed by atoms with Gasteiger partial charge in [-0.05, 0) is 32.6 Å². The van der Waals surface area contributed by atoms with Gasteiger partial charge in [0.05, 0.1) is 13.0 Å². The molecule has 0 saturated carbocycles. The van der Waals surface area contributed by atoms with Crippen LogP contribution in [0.2, 0.25) is 0 Å². The molecule has 0 aromatic carbocycles. The number of nitrogens with zero attached hydrogens (tertiary/aromatic N) is 2. The smallest absolute Gasteiger partial charge is 0.305 e. The standard InChI is InChI=1S/C13H20N2O4/c1-14(2)7-4-10-19-11-5-3-8-15(13(11)18)9-6-12(16)17/h3,5,8H,4,6-7,9-10H2,1-2H3,(H,16,17). The van der Waals surface area contributed by atoms with E-state index in [1.54, 1.807) is 18.3 Å². The number of aryl methyl sites for hydroxylation is 1. The summed E-state index contributed by atoms with van der Waals surface area (Å²) in [6.07, 6.45) is 2.32. The van der Waals surface area contributed by atoms with E-state index in [4.69, 9.17) is 9.84 Å². The highest BCUT2D eigenvalue weighted by Crippen LogP contribution is 2.03. The number of ether oxygens (including phenoxy) is 1. The summed E-state index contributed by atoms with van der Waals surface area (Å²) in [5.41, 5.74) is -0.284. The van der Waals surface area contributed by atoms with Crippen LogP contribution in [0.3, 0.4) is 0 Å². The molecule has 0 saturated heterocycles. The summed E-state index contributed by atoms with van der Waals surface area (Å²) >= 11 is 0. The maximum atomic E-state index is 11.9. The Balaban J connectivity index is 2.57. The Morgan fingerprint density at radius 2 is 2.21 bits per heavy atom. The van der Waals surface area contributed by atoms with Crippen LogP contribution in [0.1, 0.15) is 12.8 Å². The monoisotopic (exact) mass is 268 g/mol. The lowest BCUT2D eigenvalue weighted by Crippen LogP contribution is -2.23. The molecular weight excluding hydrogens is 248 g/mol. The number of carbonyl (C=O) groups is 1. The second-order valence-corrected chi connectivity index (χ2v) is 4.52. The highest BCUT2D eigenvalue weighted by molar-refractivity contribution is 5.66. The molecule has 0 aliphatic carbocycles. The summed E-state index contributed by atoms with van der Waals surface area (Å²) in [5.74, 6) is -0.657. The lowest BCUT2D eigenvalue weighted by Gasteiger charge is -2.11. The van der Waals surface area contributed by atoms with Crippen molar-refractivity contribution in [1.29, 1.82) is 0 Å². The normalized spacial score (nSPS) is 10.7. The number of carboxylic acids is 1. The van der Waals surface area contributed by atoms with E-state index >= 15 is 0 Å². The van der Waals surface area contributed by atoms with Crippen LogP contribution in [0.15, 0.2) is 23.1 Å². The van der Waals surface area contributed by atoms with Crippen LogP contribution in [-0.2, 0) is 11.3 Å². The van der Waals surface area contributed by atoms with Crippen molar-refractivity contribution in [2.75, 3.05) is 27.2 Å². The molecule has 0 amide bonds. The Labute approximate surface area is 112 Å². The number of aliphatic carboxylic acids is 1. The molecule has 0 radical (unpaired) electrons. The van der Waals surface area contributed by atoms with Gasteiger partial charge < -0.3 is 19.3 Å². The Bertz CT molecular complexity index is 468. The van der Waals surface area contributed by atoms with Crippen LogP contribution in [0.4, 0.5) is 0 Å². The molecule has 1 aromatic heterocycles. The van der Waals surface area contributed by atoms with Crippen molar-refractivity contribution in [3.63, 3.8) is 0 Å². The maximum Gasteiger partial charge on any atom is 0.305 e. The second-order valence-electron chi connectivity index (χ2n) is 4.52. The van der Waals surface area contributed by atoms with Crippen LogP contribution >= 0.6 is 0 Å². The third-order valence-corrected chi connectivity index (χ3v) is 2.56. The van der Waals surface area contributed by atoms with Crippen LogP contribution in [0, 0.1) is 0 Å². The fourth-order valence-corrected chi connectivity index (χ4v) is 1.58. The fourth-order valence-electron chi connectivity index (χ4n) is 1.58. The average molecular weight is 268 g/mol. The zero-order chi connectivity index (χ0) is 14.3. The lowest BCUT2D eigenvalue weighted by molar-refractivity contribution is -0.137. The molecule has 1 aromatic rings. The zero-order valence-corrected chi connectivity index (χ0v) is 11.3. The van der Waals surface area contributed by atoms with Crippen molar-refractivity contribution in [2.24, 2.45) is 0 Å². The molecular formula is C13H20N2O4. The van der Waals surface area contributed by atoms with E-state index in [2.05, 4.69) is 0 Å². The molecule has 0 fully saturated rings. The van der Waals surface area contributed by atoms with Gasteiger partial charge in [-0.3, -0.25) is 9.59 Å². The van der Waals surface area contributed by atoms with Crippen molar-refractivity contribution in [3.05, 3.63) is 28.7 Å². The first-order chi connectivity index (χ1) is 9.00. The summed E-state index contributed by atoms with van der Waals surface area (Å²) in [6.45, 7) is 1.51. The predicted molar refractivity (Wildman–Crippen MR) is 71.6 cm³/mol. The average Bonchev–Trinajstić information content (AvgIpc) is 2.34. The van der Waals surface area contributed by atoms with Gasteiger partial charge in [0.2, 0.25) is 0 Å². The summed E-state index contributed by atoms with van der Waals surface area (Å²) in [6, 6.07) is 3.29. The highest BCUT2D eigenvalue weighted by atomic mass is 16.5. The van der Waals surface area contributed by atoms with E-state index in [-0.39, 0.29) is 24.3 Å². The molecule has 0 aliphatic heterocycles. The summed E-state index contributed by atoms with van der Waals surface area (Å²) in [4.78, 5) is 24.5. The van der Waals surface area contributed by atoms with Gasteiger partial charge >= 0.3 is 5.97 Å². The lowest BCUT2D eigenvalue weighted by atomic mass is 10.4. The van der Waals surface area contributed by atoms with E-state index in [1.165, 1.54) is 4.57 Å². The van der Waals surface area contributed by atoms with Crippen molar-refractivity contribution in [3.8, 4) is 5.75 Å². The molecule has 0 atom stereocenters. The Morgan fingerprint density at radius 1 is 1.47 bits per heavy atom. The Morgan fingerprint density at radius 3 is 2.84 bits per heavy atom. The first kappa shape index (κ1) is 15.2. The summed E-state index contributed by atoms with van der Waals surface area (Å²) < 4.78 is 6.78. The topological polar surface area (TPSA) is 71.8 Å². The van der Waals surface area contributed by atoms with E-state index in [9.17, 15) is 9.59 Å². The molecule has 106 valence electrons. The van der Waals surface area contributed by atoms with Crippen molar-refractivity contribution < 1.29 is 14.6 Å². The van der Waals surface area contributed by atoms with Gasteiger partial charge in [0.15, 0.2) is 5.75 Å². The number of carboxylic acid groups (broad SMARTS) is 1. The van der Waals surface area contributed by atoms with Gasteiger partial charge in [-0.2, -0.15) is 0 Å². The number of hydrogen-bond acceptors (Lipinski definition) is 4. The van der Waals surface area contributed by atoms with Crippen molar-refractivity contribution in [1.82, 2.24) is 9.47 Å². The molecule has 6 nitrogen and oxygen atoms in total. The second kappa shape index (κ2) is 7.58. The Kier molecular flexibility index (Phi) is 6.08. The minimum Gasteiger partial charge on any atom is -0.488 e. The molecule has 0 spiro atoms. The van der Waals surface area contributed by atoms with Crippen LogP contribution < -0.4 is 10.3 Å². The molecule has 0 unspecified atom stereocenters. The molecule has 6 heteroatoms. The van der Waals surface area contributed by atoms with E-state index < -0.39 is 5.97 Å². The number of aromatic nitrogens is 1. The predicted octanol–water partition coefficient (Wildman–Crippen LogP) is 0.653. The van der Waals surface area contributed by atoms with Crippen LogP contribution in [-0.4, -0.2) is 47.8 Å². The van der Waals surface area contributed by atoms with E-state index in [1.807, 2.05) is 19.0 Å². The number of rotatable bonds is 8. The third-order valence-electron chi connectivity index (χ3n) is 2.56. The molecule has 1 N–H and O–H groups in total. The number of pyridine rings is 1. The van der Waals surface area contributed by atoms with Gasteiger partial charge in [0.1, 0.15) is 0 Å². The van der Waals surface area contributed by atoms with Gasteiger partial charge in [-0.25, -0.2) is 0 Å². The minimum atomic E-state index is -0.927. The molecule has 1 heterocycles. The summed E-state index contributed by atoms with van der Waals surface area (Å²) in [7, 11) is 3.95. The minimum absolute atomic E-state index is 0.0794. The largest absolute Gasteiger partial charge is 0.488 e.